The van der Waals surface area contributed by atoms with E-state index in [9.17, 15) is 27.9 Å². The van der Waals surface area contributed by atoms with Crippen molar-refractivity contribution in [2.75, 3.05) is 0 Å². The fourth-order valence-corrected chi connectivity index (χ4v) is 1.78. The minimum atomic E-state index is -4.50. The Morgan fingerprint density at radius 2 is 1.76 bits per heavy atom. The van der Waals surface area contributed by atoms with Crippen LogP contribution in [0.2, 0.25) is 0 Å². The summed E-state index contributed by atoms with van der Waals surface area (Å²) in [6, 6.07) is 0. The second kappa shape index (κ2) is 7.47. The molecule has 2 atom stereocenters. The van der Waals surface area contributed by atoms with Gasteiger partial charge in [-0.1, -0.05) is 6.08 Å². The van der Waals surface area contributed by atoms with Crippen LogP contribution >= 0.6 is 0 Å². The van der Waals surface area contributed by atoms with Crippen LogP contribution in [0.25, 0.3) is 0 Å². The van der Waals surface area contributed by atoms with Gasteiger partial charge in [0.1, 0.15) is 5.60 Å². The summed E-state index contributed by atoms with van der Waals surface area (Å²) >= 11 is 0. The molecule has 0 aliphatic carbocycles. The van der Waals surface area contributed by atoms with Crippen LogP contribution in [0.5, 0.6) is 0 Å². The van der Waals surface area contributed by atoms with E-state index in [1.165, 1.54) is 6.08 Å². The number of halogens is 3. The normalized spacial score (nSPS) is 15.1. The first-order chi connectivity index (χ1) is 9.37. The molecule has 0 heterocycles. The van der Waals surface area contributed by atoms with Gasteiger partial charge in [-0.15, -0.1) is 6.58 Å². The number of hydrogen-bond donors (Lipinski definition) is 0. The molecule has 7 heteroatoms. The van der Waals surface area contributed by atoms with Crippen molar-refractivity contribution >= 4 is 11.9 Å². The third-order valence-electron chi connectivity index (χ3n) is 2.66. The van der Waals surface area contributed by atoms with Gasteiger partial charge >= 0.3 is 12.1 Å². The van der Waals surface area contributed by atoms with Gasteiger partial charge in [0.25, 0.3) is 0 Å². The second-order valence-electron chi connectivity index (χ2n) is 5.74. The van der Waals surface area contributed by atoms with Gasteiger partial charge in [0.2, 0.25) is 0 Å². The van der Waals surface area contributed by atoms with Crippen LogP contribution in [0.15, 0.2) is 12.7 Å². The maximum Gasteiger partial charge on any atom is 0.389 e. The largest absolute Gasteiger partial charge is 0.550 e. The lowest BCUT2D eigenvalue weighted by molar-refractivity contribution is -0.314. The van der Waals surface area contributed by atoms with Crippen LogP contribution in [-0.4, -0.2) is 23.7 Å². The molecule has 0 fully saturated rings. The van der Waals surface area contributed by atoms with E-state index in [1.807, 2.05) is 0 Å². The van der Waals surface area contributed by atoms with Crippen molar-refractivity contribution in [3.63, 3.8) is 0 Å². The van der Waals surface area contributed by atoms with Crippen molar-refractivity contribution in [1.29, 1.82) is 0 Å². The first-order valence-electron chi connectivity index (χ1n) is 6.48. The van der Waals surface area contributed by atoms with Crippen molar-refractivity contribution in [1.82, 2.24) is 0 Å². The molecule has 0 aromatic heterocycles. The molecule has 0 amide bonds. The number of ether oxygens (including phenoxy) is 1. The Labute approximate surface area is 122 Å². The molecule has 0 aliphatic rings. The lowest BCUT2D eigenvalue weighted by Gasteiger charge is -2.29. The molecule has 0 saturated heterocycles. The molecule has 0 bridgehead atoms. The molecule has 0 spiro atoms. The van der Waals surface area contributed by atoms with Crippen LogP contribution in [0.3, 0.4) is 0 Å². The van der Waals surface area contributed by atoms with Gasteiger partial charge in [0.05, 0.1) is 5.92 Å². The zero-order valence-electron chi connectivity index (χ0n) is 12.3. The number of alkyl halides is 3. The van der Waals surface area contributed by atoms with E-state index in [1.54, 1.807) is 20.8 Å². The highest BCUT2D eigenvalue weighted by molar-refractivity contribution is 5.80. The first kappa shape index (κ1) is 19.5. The summed E-state index contributed by atoms with van der Waals surface area (Å²) in [6.07, 6.45) is -5.35. The van der Waals surface area contributed by atoms with Gasteiger partial charge in [-0.05, 0) is 33.6 Å². The van der Waals surface area contributed by atoms with Gasteiger partial charge in [-0.3, -0.25) is 4.79 Å². The SMILES string of the molecule is C=CC[C@@H](C(=O)OC(C)(C)C)[C@@H](CCC(F)(F)F)C(=O)[O-]. The first-order valence-corrected chi connectivity index (χ1v) is 6.48. The lowest BCUT2D eigenvalue weighted by Crippen LogP contribution is -2.41. The molecule has 0 aliphatic heterocycles. The summed E-state index contributed by atoms with van der Waals surface area (Å²) < 4.78 is 41.8. The molecule has 0 unspecified atom stereocenters. The van der Waals surface area contributed by atoms with Crippen molar-refractivity contribution < 1.29 is 32.6 Å². The Morgan fingerprint density at radius 3 is 2.10 bits per heavy atom. The fraction of sp³-hybridized carbons (Fsp3) is 0.714. The third-order valence-corrected chi connectivity index (χ3v) is 2.66. The van der Waals surface area contributed by atoms with Crippen LogP contribution in [0.4, 0.5) is 13.2 Å². The number of carboxylic acids is 1. The number of rotatable bonds is 7. The molecule has 0 radical (unpaired) electrons. The highest BCUT2D eigenvalue weighted by Gasteiger charge is 2.35. The van der Waals surface area contributed by atoms with Crippen LogP contribution < -0.4 is 5.11 Å². The topological polar surface area (TPSA) is 66.4 Å². The summed E-state index contributed by atoms with van der Waals surface area (Å²) in [5.41, 5.74) is -0.864. The molecule has 21 heavy (non-hydrogen) atoms. The summed E-state index contributed by atoms with van der Waals surface area (Å²) in [5, 5.41) is 11.1. The second-order valence-corrected chi connectivity index (χ2v) is 5.74. The van der Waals surface area contributed by atoms with Gasteiger partial charge in [0, 0.05) is 18.3 Å². The maximum atomic E-state index is 12.3. The smallest absolute Gasteiger partial charge is 0.389 e. The van der Waals surface area contributed by atoms with Crippen LogP contribution in [0, 0.1) is 11.8 Å². The fourth-order valence-electron chi connectivity index (χ4n) is 1.78. The summed E-state index contributed by atoms with van der Waals surface area (Å²) in [7, 11) is 0. The quantitative estimate of drug-likeness (QED) is 0.534. The lowest BCUT2D eigenvalue weighted by atomic mass is 9.85. The zero-order chi connectivity index (χ0) is 16.8. The third kappa shape index (κ3) is 8.37. The van der Waals surface area contributed by atoms with Gasteiger partial charge in [-0.25, -0.2) is 0 Å². The van der Waals surface area contributed by atoms with E-state index in [0.29, 0.717) is 0 Å². The highest BCUT2D eigenvalue weighted by atomic mass is 19.4. The summed E-state index contributed by atoms with van der Waals surface area (Å²) in [4.78, 5) is 23.1. The molecule has 0 rings (SSSR count). The molecule has 4 nitrogen and oxygen atoms in total. The Hall–Kier alpha value is -1.53. The number of carbonyl (C=O) groups excluding carboxylic acids is 2. The number of allylic oxidation sites excluding steroid dienone is 1. The Balaban J connectivity index is 5.11. The monoisotopic (exact) mass is 309 g/mol. The van der Waals surface area contributed by atoms with Gasteiger partial charge in [0.15, 0.2) is 0 Å². The van der Waals surface area contributed by atoms with Crippen molar-refractivity contribution in [3.05, 3.63) is 12.7 Å². The number of hydrogen-bond acceptors (Lipinski definition) is 4. The average Bonchev–Trinajstić information content (AvgIpc) is 2.23. The van der Waals surface area contributed by atoms with E-state index in [2.05, 4.69) is 6.58 Å². The molecule has 0 aromatic carbocycles. The summed E-state index contributed by atoms with van der Waals surface area (Å²) in [6.45, 7) is 8.14. The van der Waals surface area contributed by atoms with E-state index in [4.69, 9.17) is 4.74 Å². The van der Waals surface area contributed by atoms with E-state index in [0.717, 1.165) is 0 Å². The molecular weight excluding hydrogens is 289 g/mol. The minimum absolute atomic E-state index is 0.0918. The molecule has 0 aromatic rings. The molecule has 0 saturated carbocycles. The zero-order valence-corrected chi connectivity index (χ0v) is 12.3. The number of carbonyl (C=O) groups is 2. The van der Waals surface area contributed by atoms with E-state index in [-0.39, 0.29) is 6.42 Å². The van der Waals surface area contributed by atoms with Gasteiger partial charge < -0.3 is 14.6 Å². The van der Waals surface area contributed by atoms with Crippen molar-refractivity contribution in [3.8, 4) is 0 Å². The predicted octanol–water partition coefficient (Wildman–Crippen LogP) is 2.23. The number of carboxylic acid groups (broad SMARTS) is 1. The van der Waals surface area contributed by atoms with Crippen molar-refractivity contribution in [2.45, 2.75) is 51.8 Å². The summed E-state index contributed by atoms with van der Waals surface area (Å²) in [5.74, 6) is -5.37. The molecule has 0 N–H and O–H groups in total. The van der Waals surface area contributed by atoms with Crippen LogP contribution in [0.1, 0.15) is 40.0 Å². The van der Waals surface area contributed by atoms with E-state index >= 15 is 0 Å². The molecule has 122 valence electrons. The Morgan fingerprint density at radius 1 is 1.24 bits per heavy atom. The molecular formula is C14H20F3O4-. The average molecular weight is 309 g/mol. The Kier molecular flexibility index (Phi) is 6.93. The highest BCUT2D eigenvalue weighted by Crippen LogP contribution is 2.30. The maximum absolute atomic E-state index is 12.3. The van der Waals surface area contributed by atoms with Gasteiger partial charge in [-0.2, -0.15) is 13.2 Å². The standard InChI is InChI=1S/C14H21F3O4/c1-5-6-10(12(20)21-13(2,3)4)9(11(18)19)7-8-14(15,16)17/h5,9-10H,1,6-8H2,2-4H3,(H,18,19)/p-1/t9-,10-/m1/s1. The van der Waals surface area contributed by atoms with Crippen molar-refractivity contribution in [2.24, 2.45) is 11.8 Å². The predicted molar refractivity (Wildman–Crippen MR) is 67.9 cm³/mol. The minimum Gasteiger partial charge on any atom is -0.550 e. The van der Waals surface area contributed by atoms with Crippen LogP contribution in [-0.2, 0) is 14.3 Å². The Bertz CT molecular complexity index is 383. The number of esters is 1. The van der Waals surface area contributed by atoms with E-state index < -0.39 is 48.4 Å². The number of aliphatic carboxylic acids is 1.